The molecule has 0 spiro atoms. The summed E-state index contributed by atoms with van der Waals surface area (Å²) >= 11 is 7.44. The van der Waals surface area contributed by atoms with E-state index in [1.165, 1.54) is 6.07 Å². The Morgan fingerprint density at radius 1 is 1.11 bits per heavy atom. The number of hydrogen-bond acceptors (Lipinski definition) is 2. The third-order valence-electron chi connectivity index (χ3n) is 2.62. The fraction of sp³-hybridized carbons (Fsp3) is 0.133. The van der Waals surface area contributed by atoms with Crippen molar-refractivity contribution in [2.45, 2.75) is 11.5 Å². The molecule has 2 aromatic rings. The molecule has 0 aliphatic rings. The highest BCUT2D eigenvalue weighted by molar-refractivity contribution is 7.97. The Labute approximate surface area is 121 Å². The molecule has 0 radical (unpaired) electrons. The van der Waals surface area contributed by atoms with E-state index in [1.807, 2.05) is 30.3 Å². The molecule has 0 amide bonds. The summed E-state index contributed by atoms with van der Waals surface area (Å²) in [6.07, 6.45) is 0. The number of nitriles is 1. The summed E-state index contributed by atoms with van der Waals surface area (Å²) in [5.74, 6) is 1.07. The molecule has 0 N–H and O–H groups in total. The zero-order valence-electron chi connectivity index (χ0n) is 10.1. The van der Waals surface area contributed by atoms with Gasteiger partial charge in [0.2, 0.25) is 0 Å². The van der Waals surface area contributed by atoms with Crippen LogP contribution in [0.25, 0.3) is 0 Å². The second kappa shape index (κ2) is 6.60. The van der Waals surface area contributed by atoms with Gasteiger partial charge in [-0.1, -0.05) is 29.8 Å². The molecule has 0 saturated carbocycles. The van der Waals surface area contributed by atoms with Crippen molar-refractivity contribution >= 4 is 23.4 Å². The largest absolute Gasteiger partial charge is 0.207 e. The predicted octanol–water partition coefficient (Wildman–Crippen LogP) is 4.78. The van der Waals surface area contributed by atoms with Crippen LogP contribution in [-0.4, -0.2) is 0 Å². The van der Waals surface area contributed by atoms with Crippen LogP contribution in [0, 0.1) is 17.1 Å². The van der Waals surface area contributed by atoms with Gasteiger partial charge in [-0.15, -0.1) is 0 Å². The van der Waals surface area contributed by atoms with E-state index >= 15 is 0 Å². The van der Waals surface area contributed by atoms with Gasteiger partial charge in [0, 0.05) is 16.5 Å². The molecule has 0 aliphatic carbocycles. The average molecular weight is 292 g/mol. The van der Waals surface area contributed by atoms with E-state index in [1.54, 1.807) is 23.9 Å². The van der Waals surface area contributed by atoms with Crippen LogP contribution in [0.4, 0.5) is 4.39 Å². The van der Waals surface area contributed by atoms with Gasteiger partial charge in [0.05, 0.1) is 11.6 Å². The van der Waals surface area contributed by atoms with Crippen molar-refractivity contribution < 1.29 is 4.39 Å². The lowest BCUT2D eigenvalue weighted by molar-refractivity contribution is 0.617. The quantitative estimate of drug-likeness (QED) is 0.809. The molecule has 0 saturated heterocycles. The SMILES string of the molecule is N#Cc1ccc(CSCc2ccc(Cl)cc2)c(F)c1. The molecule has 0 heterocycles. The van der Waals surface area contributed by atoms with E-state index in [0.29, 0.717) is 21.9 Å². The van der Waals surface area contributed by atoms with Crippen LogP contribution in [0.2, 0.25) is 5.02 Å². The topological polar surface area (TPSA) is 23.8 Å². The molecule has 0 atom stereocenters. The normalized spacial score (nSPS) is 10.2. The van der Waals surface area contributed by atoms with Crippen LogP contribution < -0.4 is 0 Å². The number of nitrogens with zero attached hydrogens (tertiary/aromatic N) is 1. The third-order valence-corrected chi connectivity index (χ3v) is 3.93. The molecule has 96 valence electrons. The molecular formula is C15H11ClFNS. The van der Waals surface area contributed by atoms with Gasteiger partial charge in [-0.3, -0.25) is 0 Å². The Hall–Kier alpha value is -1.50. The first kappa shape index (κ1) is 13.9. The second-order valence-corrected chi connectivity index (χ2v) is 5.46. The van der Waals surface area contributed by atoms with Gasteiger partial charge in [0.15, 0.2) is 0 Å². The second-order valence-electron chi connectivity index (χ2n) is 4.04. The zero-order chi connectivity index (χ0) is 13.7. The van der Waals surface area contributed by atoms with Gasteiger partial charge in [0.25, 0.3) is 0 Å². The fourth-order valence-corrected chi connectivity index (χ4v) is 2.70. The average Bonchev–Trinajstić information content (AvgIpc) is 2.42. The molecule has 0 unspecified atom stereocenters. The van der Waals surface area contributed by atoms with E-state index in [0.717, 1.165) is 11.3 Å². The Bertz CT molecular complexity index is 605. The number of halogens is 2. The number of benzene rings is 2. The Morgan fingerprint density at radius 2 is 1.84 bits per heavy atom. The highest BCUT2D eigenvalue weighted by Gasteiger charge is 2.04. The summed E-state index contributed by atoms with van der Waals surface area (Å²) in [6.45, 7) is 0. The van der Waals surface area contributed by atoms with Crippen molar-refractivity contribution in [3.8, 4) is 6.07 Å². The molecule has 0 fully saturated rings. The summed E-state index contributed by atoms with van der Waals surface area (Å²) in [4.78, 5) is 0. The Morgan fingerprint density at radius 3 is 2.47 bits per heavy atom. The molecule has 19 heavy (non-hydrogen) atoms. The lowest BCUT2D eigenvalue weighted by atomic mass is 10.1. The summed E-state index contributed by atoms with van der Waals surface area (Å²) in [6, 6.07) is 14.1. The number of rotatable bonds is 4. The van der Waals surface area contributed by atoms with Crippen LogP contribution in [-0.2, 0) is 11.5 Å². The van der Waals surface area contributed by atoms with Crippen molar-refractivity contribution in [2.24, 2.45) is 0 Å². The van der Waals surface area contributed by atoms with E-state index in [4.69, 9.17) is 16.9 Å². The van der Waals surface area contributed by atoms with E-state index < -0.39 is 0 Å². The fourth-order valence-electron chi connectivity index (χ4n) is 1.59. The van der Waals surface area contributed by atoms with Crippen LogP contribution in [0.5, 0.6) is 0 Å². The maximum Gasteiger partial charge on any atom is 0.128 e. The first-order valence-corrected chi connectivity index (χ1v) is 7.23. The standard InChI is InChI=1S/C15H11ClFNS/c16-14-5-2-11(3-6-14)9-19-10-13-4-1-12(8-18)7-15(13)17/h1-7H,9-10H2. The van der Waals surface area contributed by atoms with Crippen LogP contribution in [0.3, 0.4) is 0 Å². The molecule has 2 aromatic carbocycles. The minimum absolute atomic E-state index is 0.317. The van der Waals surface area contributed by atoms with Gasteiger partial charge in [0.1, 0.15) is 5.82 Å². The lowest BCUT2D eigenvalue weighted by Gasteiger charge is -2.04. The van der Waals surface area contributed by atoms with Crippen LogP contribution in [0.15, 0.2) is 42.5 Å². The smallest absolute Gasteiger partial charge is 0.128 e. The van der Waals surface area contributed by atoms with Crippen molar-refractivity contribution in [1.82, 2.24) is 0 Å². The van der Waals surface area contributed by atoms with E-state index in [9.17, 15) is 4.39 Å². The first-order chi connectivity index (χ1) is 9.19. The monoisotopic (exact) mass is 291 g/mol. The number of thioether (sulfide) groups is 1. The maximum absolute atomic E-state index is 13.6. The molecule has 1 nitrogen and oxygen atoms in total. The minimum Gasteiger partial charge on any atom is -0.207 e. The molecule has 0 aromatic heterocycles. The van der Waals surface area contributed by atoms with Crippen molar-refractivity contribution in [3.63, 3.8) is 0 Å². The van der Waals surface area contributed by atoms with Gasteiger partial charge < -0.3 is 0 Å². The van der Waals surface area contributed by atoms with Gasteiger partial charge >= 0.3 is 0 Å². The van der Waals surface area contributed by atoms with Crippen molar-refractivity contribution in [3.05, 3.63) is 70.0 Å². The van der Waals surface area contributed by atoms with Gasteiger partial charge in [-0.2, -0.15) is 17.0 Å². The predicted molar refractivity (Wildman–Crippen MR) is 77.6 cm³/mol. The Balaban J connectivity index is 1.92. The molecular weight excluding hydrogens is 281 g/mol. The van der Waals surface area contributed by atoms with Gasteiger partial charge in [-0.25, -0.2) is 4.39 Å². The summed E-state index contributed by atoms with van der Waals surface area (Å²) in [7, 11) is 0. The van der Waals surface area contributed by atoms with Crippen LogP contribution >= 0.6 is 23.4 Å². The van der Waals surface area contributed by atoms with Gasteiger partial charge in [-0.05, 0) is 35.4 Å². The molecule has 4 heteroatoms. The molecule has 2 rings (SSSR count). The summed E-state index contributed by atoms with van der Waals surface area (Å²) in [5.41, 5.74) is 2.13. The number of hydrogen-bond donors (Lipinski definition) is 0. The third kappa shape index (κ3) is 3.99. The minimum atomic E-state index is -0.317. The van der Waals surface area contributed by atoms with E-state index in [-0.39, 0.29) is 5.82 Å². The van der Waals surface area contributed by atoms with Crippen molar-refractivity contribution in [1.29, 1.82) is 5.26 Å². The van der Waals surface area contributed by atoms with Crippen molar-refractivity contribution in [2.75, 3.05) is 0 Å². The van der Waals surface area contributed by atoms with E-state index in [2.05, 4.69) is 0 Å². The maximum atomic E-state index is 13.6. The first-order valence-electron chi connectivity index (χ1n) is 5.70. The molecule has 0 bridgehead atoms. The summed E-state index contributed by atoms with van der Waals surface area (Å²) in [5, 5.41) is 9.38. The molecule has 0 aliphatic heterocycles. The Kier molecular flexibility index (Phi) is 4.84. The summed E-state index contributed by atoms with van der Waals surface area (Å²) < 4.78 is 13.6. The van der Waals surface area contributed by atoms with Crippen LogP contribution in [0.1, 0.15) is 16.7 Å². The lowest BCUT2D eigenvalue weighted by Crippen LogP contribution is -1.90. The highest BCUT2D eigenvalue weighted by Crippen LogP contribution is 2.21. The highest BCUT2D eigenvalue weighted by atomic mass is 35.5. The zero-order valence-corrected chi connectivity index (χ0v) is 11.6.